The van der Waals surface area contributed by atoms with E-state index in [-0.39, 0.29) is 5.91 Å². The fraction of sp³-hybridized carbons (Fsp3) is 0.250. The number of rotatable bonds is 7. The van der Waals surface area contributed by atoms with Gasteiger partial charge >= 0.3 is 0 Å². The summed E-state index contributed by atoms with van der Waals surface area (Å²) in [7, 11) is 3.50. The highest BCUT2D eigenvalue weighted by molar-refractivity contribution is 7.18. The second-order valence-corrected chi connectivity index (χ2v) is 11.4. The minimum Gasteiger partial charge on any atom is -0.495 e. The van der Waals surface area contributed by atoms with E-state index in [1.54, 1.807) is 18.4 Å². The van der Waals surface area contributed by atoms with Crippen molar-refractivity contribution in [3.05, 3.63) is 77.4 Å². The Morgan fingerprint density at radius 1 is 1.20 bits per heavy atom. The first-order chi connectivity index (χ1) is 19.9. The lowest BCUT2D eigenvalue weighted by Gasteiger charge is -2.28. The lowest BCUT2D eigenvalue weighted by atomic mass is 10.0. The molecule has 5 aromatic rings. The molecule has 0 spiro atoms. The van der Waals surface area contributed by atoms with Gasteiger partial charge in [-0.2, -0.15) is 0 Å². The van der Waals surface area contributed by atoms with E-state index in [9.17, 15) is 4.79 Å². The molecule has 1 aliphatic rings. The highest BCUT2D eigenvalue weighted by Gasteiger charge is 2.18. The maximum atomic E-state index is 13.2. The molecule has 0 radical (unpaired) electrons. The second-order valence-electron chi connectivity index (χ2n) is 10.5. The van der Waals surface area contributed by atoms with Crippen molar-refractivity contribution in [2.75, 3.05) is 37.8 Å². The van der Waals surface area contributed by atoms with Gasteiger partial charge in [0.2, 0.25) is 0 Å². The van der Waals surface area contributed by atoms with Crippen molar-refractivity contribution in [1.29, 1.82) is 0 Å². The van der Waals surface area contributed by atoms with Gasteiger partial charge in [-0.25, -0.2) is 4.98 Å². The van der Waals surface area contributed by atoms with Gasteiger partial charge in [0, 0.05) is 57.9 Å². The number of ether oxygens (including phenoxy) is 1. The molecule has 5 N–H and O–H groups in total. The van der Waals surface area contributed by atoms with Crippen molar-refractivity contribution in [2.24, 2.45) is 12.8 Å². The van der Waals surface area contributed by atoms with Gasteiger partial charge in [0.1, 0.15) is 17.3 Å². The zero-order valence-corrected chi connectivity index (χ0v) is 24.1. The lowest BCUT2D eigenvalue weighted by molar-refractivity contribution is 0.101. The molecule has 2 aromatic carbocycles. The molecule has 0 bridgehead atoms. The number of carbonyl (C=O) groups excluding carboxylic acids is 1. The van der Waals surface area contributed by atoms with Crippen molar-refractivity contribution >= 4 is 55.8 Å². The summed E-state index contributed by atoms with van der Waals surface area (Å²) >= 11 is 1.65. The highest BCUT2D eigenvalue weighted by atomic mass is 32.1. The Hall–Kier alpha value is -4.18. The number of pyridine rings is 1. The quantitative estimate of drug-likeness (QED) is 0.232. The number of thiophene rings is 1. The molecule has 4 heterocycles. The largest absolute Gasteiger partial charge is 0.495 e. The third kappa shape index (κ3) is 5.31. The first-order valence-electron chi connectivity index (χ1n) is 13.8. The van der Waals surface area contributed by atoms with E-state index in [1.807, 2.05) is 66.3 Å². The van der Waals surface area contributed by atoms with Crippen LogP contribution in [0.4, 0.5) is 11.5 Å². The molecular formula is C32H34N6O2S. The Bertz CT molecular complexity index is 1760. The summed E-state index contributed by atoms with van der Waals surface area (Å²) in [6.45, 7) is 2.95. The van der Waals surface area contributed by atoms with Gasteiger partial charge in [-0.05, 0) is 61.1 Å². The minimum atomic E-state index is -0.201. The number of nitrogens with zero attached hydrogens (tertiary/aromatic N) is 3. The summed E-state index contributed by atoms with van der Waals surface area (Å²) < 4.78 is 8.69. The van der Waals surface area contributed by atoms with Crippen LogP contribution < -0.4 is 21.5 Å². The van der Waals surface area contributed by atoms with Crippen LogP contribution in [0.25, 0.3) is 38.2 Å². The van der Waals surface area contributed by atoms with Crippen molar-refractivity contribution in [3.8, 4) is 16.9 Å². The molecule has 8 nitrogen and oxygen atoms in total. The number of benzene rings is 2. The van der Waals surface area contributed by atoms with Crippen LogP contribution in [0.5, 0.6) is 5.75 Å². The molecule has 1 amide bonds. The van der Waals surface area contributed by atoms with Gasteiger partial charge in [0.05, 0.1) is 12.8 Å². The van der Waals surface area contributed by atoms with Crippen LogP contribution >= 0.6 is 11.3 Å². The number of amides is 1. The van der Waals surface area contributed by atoms with Crippen LogP contribution in [0.3, 0.4) is 0 Å². The van der Waals surface area contributed by atoms with E-state index >= 15 is 0 Å². The third-order valence-electron chi connectivity index (χ3n) is 7.89. The first-order valence-corrected chi connectivity index (χ1v) is 14.6. The number of nitrogens with one attached hydrogen (secondary N) is 1. The van der Waals surface area contributed by atoms with Gasteiger partial charge in [-0.1, -0.05) is 36.4 Å². The van der Waals surface area contributed by atoms with Crippen LogP contribution in [0.1, 0.15) is 28.9 Å². The van der Waals surface area contributed by atoms with Crippen molar-refractivity contribution in [1.82, 2.24) is 14.5 Å². The smallest absolute Gasteiger partial charge is 0.272 e. The Morgan fingerprint density at radius 3 is 2.78 bits per heavy atom. The molecule has 1 saturated heterocycles. The number of aromatic nitrogens is 2. The average Bonchev–Trinajstić information content (AvgIpc) is 3.58. The maximum absolute atomic E-state index is 13.2. The van der Waals surface area contributed by atoms with Gasteiger partial charge in [-0.3, -0.25) is 9.69 Å². The molecule has 0 atom stereocenters. The van der Waals surface area contributed by atoms with Crippen LogP contribution in [-0.2, 0) is 7.05 Å². The fourth-order valence-electron chi connectivity index (χ4n) is 5.54. The summed E-state index contributed by atoms with van der Waals surface area (Å²) in [5.41, 5.74) is 17.6. The number of hydrogen-bond acceptors (Lipinski definition) is 7. The second kappa shape index (κ2) is 11.4. The van der Waals surface area contributed by atoms with Gasteiger partial charge in [0.15, 0.2) is 0 Å². The summed E-state index contributed by atoms with van der Waals surface area (Å²) in [4.78, 5) is 20.2. The van der Waals surface area contributed by atoms with E-state index in [4.69, 9.17) is 16.2 Å². The molecule has 1 fully saturated rings. The normalized spacial score (nSPS) is 14.8. The number of hydrogen-bond donors (Lipinski definition) is 3. The number of aryl methyl sites for hydroxylation is 1. The third-order valence-corrected chi connectivity index (χ3v) is 8.92. The monoisotopic (exact) mass is 566 g/mol. The summed E-state index contributed by atoms with van der Waals surface area (Å²) in [5.74, 6) is 0.858. The van der Waals surface area contributed by atoms with Crippen LogP contribution in [0.2, 0.25) is 0 Å². The first kappa shape index (κ1) is 27.0. The SMILES string of the molecule is COc1cc(-c2csc3c(/C=C/CN4CCC(N)CC4)cnc(N)c23)ccc1NC(=O)c1cc2ccccc2n1C. The average molecular weight is 567 g/mol. The molecule has 3 aromatic heterocycles. The van der Waals surface area contributed by atoms with Crippen LogP contribution in [-0.4, -0.2) is 53.1 Å². The molecule has 41 heavy (non-hydrogen) atoms. The molecule has 0 aliphatic carbocycles. The van der Waals surface area contributed by atoms with E-state index in [1.165, 1.54) is 0 Å². The standard InChI is InChI=1S/C32H34N6O2S/c1-37-26-8-4-3-6-21(26)16-27(37)32(39)36-25-10-9-20(17-28(25)40-2)24-19-41-30-22(18-35-31(34)29(24)30)7-5-13-38-14-11-23(33)12-15-38/h3-10,16-19,23H,11-15,33H2,1-2H3,(H2,34,35)(H,36,39)/b7-5+. The van der Waals surface area contributed by atoms with E-state index in [2.05, 4.69) is 32.7 Å². The van der Waals surface area contributed by atoms with E-state index in [0.717, 1.165) is 70.2 Å². The number of likely N-dealkylation sites (tertiary alicyclic amines) is 1. The number of methoxy groups -OCH3 is 1. The molecule has 6 rings (SSSR count). The number of fused-ring (bicyclic) bond motifs is 2. The predicted molar refractivity (Wildman–Crippen MR) is 170 cm³/mol. The number of carbonyl (C=O) groups is 1. The van der Waals surface area contributed by atoms with Crippen LogP contribution in [0, 0.1) is 0 Å². The number of nitrogen functional groups attached to an aromatic ring is 1. The minimum absolute atomic E-state index is 0.201. The molecule has 210 valence electrons. The summed E-state index contributed by atoms with van der Waals surface area (Å²) in [6, 6.07) is 15.9. The fourth-order valence-corrected chi connectivity index (χ4v) is 6.62. The highest BCUT2D eigenvalue weighted by Crippen LogP contribution is 2.41. The Morgan fingerprint density at radius 2 is 2.00 bits per heavy atom. The van der Waals surface area contributed by atoms with E-state index in [0.29, 0.717) is 29.0 Å². The Labute approximate surface area is 243 Å². The topological polar surface area (TPSA) is 111 Å². The number of anilines is 2. The van der Waals surface area contributed by atoms with Crippen molar-refractivity contribution in [2.45, 2.75) is 18.9 Å². The molecular weight excluding hydrogens is 532 g/mol. The molecule has 1 aliphatic heterocycles. The predicted octanol–water partition coefficient (Wildman–Crippen LogP) is 5.73. The van der Waals surface area contributed by atoms with Gasteiger partial charge in [0.25, 0.3) is 5.91 Å². The van der Waals surface area contributed by atoms with Crippen molar-refractivity contribution in [3.63, 3.8) is 0 Å². The molecule has 0 saturated carbocycles. The maximum Gasteiger partial charge on any atom is 0.272 e. The Kier molecular flexibility index (Phi) is 7.49. The zero-order chi connectivity index (χ0) is 28.5. The number of nitrogens with two attached hydrogens (primary N) is 2. The van der Waals surface area contributed by atoms with Crippen molar-refractivity contribution < 1.29 is 9.53 Å². The zero-order valence-electron chi connectivity index (χ0n) is 23.3. The number of piperidine rings is 1. The number of para-hydroxylation sites is 1. The van der Waals surface area contributed by atoms with Crippen LogP contribution in [0.15, 0.2) is 66.2 Å². The Balaban J connectivity index is 1.25. The molecule has 0 unspecified atom stereocenters. The van der Waals surface area contributed by atoms with E-state index < -0.39 is 0 Å². The van der Waals surface area contributed by atoms with Gasteiger partial charge < -0.3 is 26.1 Å². The lowest BCUT2D eigenvalue weighted by Crippen LogP contribution is -2.39. The summed E-state index contributed by atoms with van der Waals surface area (Å²) in [5, 5.41) is 7.07. The summed E-state index contributed by atoms with van der Waals surface area (Å²) in [6.07, 6.45) is 8.26. The molecule has 9 heteroatoms. The van der Waals surface area contributed by atoms with Gasteiger partial charge in [-0.15, -0.1) is 11.3 Å².